The van der Waals surface area contributed by atoms with Crippen molar-refractivity contribution in [2.24, 2.45) is 0 Å². The molecule has 1 aliphatic heterocycles. The summed E-state index contributed by atoms with van der Waals surface area (Å²) in [5.74, 6) is -1.03. The molecule has 0 spiro atoms. The fraction of sp³-hybridized carbons (Fsp3) is 0.500. The minimum absolute atomic E-state index is 0.114. The van der Waals surface area contributed by atoms with E-state index < -0.39 is 5.97 Å². The van der Waals surface area contributed by atoms with Crippen molar-refractivity contribution in [2.75, 3.05) is 30.7 Å². The normalized spacial score (nSPS) is 17.1. The molecular formula is C14H20ClN3O2. The Balaban J connectivity index is 2.10. The molecule has 2 rings (SSSR count). The minimum Gasteiger partial charge on any atom is -0.478 e. The van der Waals surface area contributed by atoms with E-state index in [0.29, 0.717) is 29.0 Å². The smallest absolute Gasteiger partial charge is 0.337 e. The molecule has 1 atom stereocenters. The average molecular weight is 298 g/mol. The first kappa shape index (κ1) is 14.9. The molecule has 5 nitrogen and oxygen atoms in total. The number of hydrogen-bond acceptors (Lipinski definition) is 4. The molecule has 20 heavy (non-hydrogen) atoms. The van der Waals surface area contributed by atoms with Crippen molar-refractivity contribution in [3.8, 4) is 0 Å². The summed E-state index contributed by atoms with van der Waals surface area (Å²) in [7, 11) is 0. The summed E-state index contributed by atoms with van der Waals surface area (Å²) in [5, 5.41) is 12.7. The van der Waals surface area contributed by atoms with Crippen molar-refractivity contribution < 1.29 is 9.90 Å². The quantitative estimate of drug-likeness (QED) is 0.728. The van der Waals surface area contributed by atoms with Crippen molar-refractivity contribution in [1.29, 1.82) is 0 Å². The van der Waals surface area contributed by atoms with Gasteiger partial charge < -0.3 is 16.2 Å². The van der Waals surface area contributed by atoms with E-state index in [1.54, 1.807) is 6.07 Å². The molecule has 1 fully saturated rings. The number of nitrogens with two attached hydrogens (primary N) is 1. The Morgan fingerprint density at radius 1 is 1.50 bits per heavy atom. The van der Waals surface area contributed by atoms with Crippen molar-refractivity contribution in [1.82, 2.24) is 4.90 Å². The minimum atomic E-state index is -1.03. The number of anilines is 2. The van der Waals surface area contributed by atoms with E-state index in [4.69, 9.17) is 17.3 Å². The van der Waals surface area contributed by atoms with E-state index >= 15 is 0 Å². The maximum atomic E-state index is 11.3. The van der Waals surface area contributed by atoms with Crippen LogP contribution in [0.25, 0.3) is 0 Å². The third-order valence-corrected chi connectivity index (χ3v) is 3.98. The van der Waals surface area contributed by atoms with E-state index in [0.717, 1.165) is 13.1 Å². The number of carbonyl (C=O) groups is 1. The number of benzene rings is 1. The summed E-state index contributed by atoms with van der Waals surface area (Å²) in [6, 6.07) is 3.33. The van der Waals surface area contributed by atoms with Gasteiger partial charge >= 0.3 is 5.97 Å². The van der Waals surface area contributed by atoms with Gasteiger partial charge in [-0.05, 0) is 45.0 Å². The number of carboxylic acids is 1. The van der Waals surface area contributed by atoms with Crippen LogP contribution in [0.2, 0.25) is 5.02 Å². The zero-order chi connectivity index (χ0) is 14.7. The highest BCUT2D eigenvalue weighted by atomic mass is 35.5. The molecule has 0 aromatic heterocycles. The van der Waals surface area contributed by atoms with E-state index in [9.17, 15) is 9.90 Å². The molecule has 1 aromatic carbocycles. The van der Waals surface area contributed by atoms with Gasteiger partial charge in [-0.3, -0.25) is 4.90 Å². The zero-order valence-corrected chi connectivity index (χ0v) is 12.3. The van der Waals surface area contributed by atoms with E-state index in [2.05, 4.69) is 17.1 Å². The van der Waals surface area contributed by atoms with Crippen LogP contribution in [0.1, 0.15) is 30.1 Å². The Hall–Kier alpha value is -1.46. The van der Waals surface area contributed by atoms with Crippen LogP contribution in [-0.4, -0.2) is 41.7 Å². The molecule has 1 heterocycles. The lowest BCUT2D eigenvalue weighted by molar-refractivity contribution is 0.0698. The second-order valence-electron chi connectivity index (χ2n) is 5.20. The number of rotatable bonds is 5. The molecule has 110 valence electrons. The summed E-state index contributed by atoms with van der Waals surface area (Å²) in [6.07, 6.45) is 2.46. The van der Waals surface area contributed by atoms with Gasteiger partial charge in [0.15, 0.2) is 0 Å². The van der Waals surface area contributed by atoms with Gasteiger partial charge in [-0.2, -0.15) is 0 Å². The lowest BCUT2D eigenvalue weighted by Crippen LogP contribution is -2.35. The topological polar surface area (TPSA) is 78.6 Å². The first-order chi connectivity index (χ1) is 9.49. The second-order valence-corrected chi connectivity index (χ2v) is 5.61. The van der Waals surface area contributed by atoms with Gasteiger partial charge in [0, 0.05) is 18.3 Å². The van der Waals surface area contributed by atoms with Gasteiger partial charge in [0.1, 0.15) is 0 Å². The molecule has 0 saturated carbocycles. The third kappa shape index (κ3) is 3.35. The first-order valence-electron chi connectivity index (χ1n) is 6.79. The van der Waals surface area contributed by atoms with Crippen LogP contribution in [-0.2, 0) is 0 Å². The highest BCUT2D eigenvalue weighted by molar-refractivity contribution is 6.34. The Labute approximate surface area is 123 Å². The Morgan fingerprint density at radius 3 is 2.75 bits per heavy atom. The Morgan fingerprint density at radius 2 is 2.15 bits per heavy atom. The highest BCUT2D eigenvalue weighted by Crippen LogP contribution is 2.29. The molecule has 0 aliphatic carbocycles. The highest BCUT2D eigenvalue weighted by Gasteiger charge is 2.20. The van der Waals surface area contributed by atoms with E-state index in [-0.39, 0.29) is 5.56 Å². The van der Waals surface area contributed by atoms with Gasteiger partial charge in [0.2, 0.25) is 0 Å². The van der Waals surface area contributed by atoms with E-state index in [1.807, 2.05) is 0 Å². The van der Waals surface area contributed by atoms with Crippen molar-refractivity contribution in [3.63, 3.8) is 0 Å². The van der Waals surface area contributed by atoms with Crippen LogP contribution in [0.4, 0.5) is 11.4 Å². The number of nitrogens with one attached hydrogen (secondary N) is 1. The number of aromatic carboxylic acids is 1. The summed E-state index contributed by atoms with van der Waals surface area (Å²) in [5.41, 5.74) is 6.55. The predicted octanol–water partition coefficient (Wildman–Crippen LogP) is 2.52. The van der Waals surface area contributed by atoms with Crippen molar-refractivity contribution in [2.45, 2.75) is 25.8 Å². The molecule has 1 unspecified atom stereocenters. The molecule has 0 bridgehead atoms. The molecule has 1 saturated heterocycles. The van der Waals surface area contributed by atoms with Crippen LogP contribution < -0.4 is 11.1 Å². The van der Waals surface area contributed by atoms with Gasteiger partial charge in [0.05, 0.1) is 16.3 Å². The summed E-state index contributed by atoms with van der Waals surface area (Å²) < 4.78 is 0. The SMILES string of the molecule is CC(CNc1c(Cl)cc(N)cc1C(=O)O)N1CCCC1. The lowest BCUT2D eigenvalue weighted by Gasteiger charge is -2.25. The molecule has 6 heteroatoms. The summed E-state index contributed by atoms with van der Waals surface area (Å²) >= 11 is 6.10. The maximum Gasteiger partial charge on any atom is 0.337 e. The fourth-order valence-electron chi connectivity index (χ4n) is 2.54. The standard InChI is InChI=1S/C14H20ClN3O2/c1-9(18-4-2-3-5-18)8-17-13-11(14(19)20)6-10(16)7-12(13)15/h6-7,9,17H,2-5,8,16H2,1H3,(H,19,20). The monoisotopic (exact) mass is 297 g/mol. The number of halogens is 1. The van der Waals surface area contributed by atoms with Gasteiger partial charge in [-0.15, -0.1) is 0 Å². The number of nitrogens with zero attached hydrogens (tertiary/aromatic N) is 1. The molecule has 4 N–H and O–H groups in total. The molecule has 0 amide bonds. The fourth-order valence-corrected chi connectivity index (χ4v) is 2.83. The van der Waals surface area contributed by atoms with Crippen LogP contribution in [0.15, 0.2) is 12.1 Å². The van der Waals surface area contributed by atoms with Gasteiger partial charge in [-0.25, -0.2) is 4.79 Å². The largest absolute Gasteiger partial charge is 0.478 e. The molecule has 0 radical (unpaired) electrons. The number of carboxylic acid groups (broad SMARTS) is 1. The van der Waals surface area contributed by atoms with Crippen LogP contribution in [0.5, 0.6) is 0 Å². The van der Waals surface area contributed by atoms with Gasteiger partial charge in [0.25, 0.3) is 0 Å². The summed E-state index contributed by atoms with van der Waals surface area (Å²) in [6.45, 7) is 4.99. The molecular weight excluding hydrogens is 278 g/mol. The zero-order valence-electron chi connectivity index (χ0n) is 11.5. The Kier molecular flexibility index (Phi) is 4.73. The summed E-state index contributed by atoms with van der Waals surface area (Å²) in [4.78, 5) is 13.7. The molecule has 1 aliphatic rings. The predicted molar refractivity (Wildman–Crippen MR) is 81.6 cm³/mol. The Bertz CT molecular complexity index is 501. The maximum absolute atomic E-state index is 11.3. The lowest BCUT2D eigenvalue weighted by atomic mass is 10.1. The number of likely N-dealkylation sites (tertiary alicyclic amines) is 1. The van der Waals surface area contributed by atoms with Crippen LogP contribution in [0.3, 0.4) is 0 Å². The van der Waals surface area contributed by atoms with Crippen LogP contribution >= 0.6 is 11.6 Å². The third-order valence-electron chi connectivity index (χ3n) is 3.68. The van der Waals surface area contributed by atoms with Gasteiger partial charge in [-0.1, -0.05) is 11.6 Å². The average Bonchev–Trinajstić information content (AvgIpc) is 2.90. The van der Waals surface area contributed by atoms with Crippen LogP contribution in [0, 0.1) is 0 Å². The molecule has 1 aromatic rings. The number of nitrogen functional groups attached to an aromatic ring is 1. The van der Waals surface area contributed by atoms with Crippen molar-refractivity contribution in [3.05, 3.63) is 22.7 Å². The number of hydrogen-bond donors (Lipinski definition) is 3. The first-order valence-corrected chi connectivity index (χ1v) is 7.17. The van der Waals surface area contributed by atoms with Crippen molar-refractivity contribution >= 4 is 28.9 Å². The second kappa shape index (κ2) is 6.33. The van der Waals surface area contributed by atoms with E-state index in [1.165, 1.54) is 18.9 Å².